The van der Waals surface area contributed by atoms with Crippen LogP contribution in [-0.2, 0) is 4.74 Å². The van der Waals surface area contributed by atoms with Gasteiger partial charge in [0.2, 0.25) is 0 Å². The maximum atomic E-state index is 11.9. The lowest BCUT2D eigenvalue weighted by atomic mass is 9.88. The maximum Gasteiger partial charge on any atom is 0.412 e. The first-order valence-corrected chi connectivity index (χ1v) is 7.63. The fraction of sp³-hybridized carbons (Fsp3) is 0.588. The van der Waals surface area contributed by atoms with Crippen LogP contribution in [0.3, 0.4) is 0 Å². The number of carbonyl (C=O) groups excluding carboxylic acids is 1. The molecule has 0 radical (unpaired) electrons. The molecule has 5 heteroatoms. The molecular weight excluding hydrogens is 280 g/mol. The first kappa shape index (κ1) is 18.3. The minimum absolute atomic E-state index is 0.109. The van der Waals surface area contributed by atoms with E-state index in [4.69, 9.17) is 4.74 Å². The normalized spacial score (nSPS) is 14.1. The SMILES string of the molecule is CCC(C)(CO)CNc1ccccc1NC(=O)OC(C)(C)C. The molecule has 0 heterocycles. The molecule has 1 aromatic rings. The number of aliphatic hydroxyl groups is 1. The van der Waals surface area contributed by atoms with Crippen molar-refractivity contribution in [1.82, 2.24) is 0 Å². The number of rotatable bonds is 6. The molecule has 0 aliphatic carbocycles. The molecule has 0 bridgehead atoms. The van der Waals surface area contributed by atoms with Crippen molar-refractivity contribution in [2.24, 2.45) is 5.41 Å². The number of ether oxygens (including phenoxy) is 1. The lowest BCUT2D eigenvalue weighted by molar-refractivity contribution is 0.0636. The van der Waals surface area contributed by atoms with Crippen molar-refractivity contribution in [1.29, 1.82) is 0 Å². The van der Waals surface area contributed by atoms with Gasteiger partial charge < -0.3 is 15.2 Å². The highest BCUT2D eigenvalue weighted by atomic mass is 16.6. The molecule has 1 unspecified atom stereocenters. The summed E-state index contributed by atoms with van der Waals surface area (Å²) in [7, 11) is 0. The second kappa shape index (κ2) is 7.49. The van der Waals surface area contributed by atoms with Gasteiger partial charge in [-0.05, 0) is 39.3 Å². The first-order chi connectivity index (χ1) is 10.2. The summed E-state index contributed by atoms with van der Waals surface area (Å²) in [5, 5.41) is 15.5. The summed E-state index contributed by atoms with van der Waals surface area (Å²) < 4.78 is 5.27. The number of hydrogen-bond acceptors (Lipinski definition) is 4. The highest BCUT2D eigenvalue weighted by Crippen LogP contribution is 2.26. The molecule has 1 amide bonds. The minimum atomic E-state index is -0.538. The van der Waals surface area contributed by atoms with Crippen molar-refractivity contribution in [3.05, 3.63) is 24.3 Å². The monoisotopic (exact) mass is 308 g/mol. The zero-order valence-electron chi connectivity index (χ0n) is 14.2. The highest BCUT2D eigenvalue weighted by molar-refractivity contribution is 5.89. The van der Waals surface area contributed by atoms with Gasteiger partial charge in [-0.15, -0.1) is 0 Å². The summed E-state index contributed by atoms with van der Waals surface area (Å²) >= 11 is 0. The van der Waals surface area contributed by atoms with Gasteiger partial charge in [-0.3, -0.25) is 5.32 Å². The zero-order chi connectivity index (χ0) is 16.8. The Balaban J connectivity index is 2.76. The number of hydrogen-bond donors (Lipinski definition) is 3. The summed E-state index contributed by atoms with van der Waals surface area (Å²) in [6.07, 6.45) is 0.375. The second-order valence-corrected chi connectivity index (χ2v) is 6.85. The quantitative estimate of drug-likeness (QED) is 0.746. The average molecular weight is 308 g/mol. The standard InChI is InChI=1S/C17H28N2O3/c1-6-17(5,12-20)11-18-13-9-7-8-10-14(13)19-15(21)22-16(2,3)4/h7-10,18,20H,6,11-12H2,1-5H3,(H,19,21). The van der Waals surface area contributed by atoms with Gasteiger partial charge in [0.05, 0.1) is 18.0 Å². The average Bonchev–Trinajstić information content (AvgIpc) is 2.44. The topological polar surface area (TPSA) is 70.6 Å². The molecule has 0 aliphatic rings. The van der Waals surface area contributed by atoms with Gasteiger partial charge in [-0.1, -0.05) is 26.0 Å². The van der Waals surface area contributed by atoms with Crippen molar-refractivity contribution in [3.63, 3.8) is 0 Å². The van der Waals surface area contributed by atoms with E-state index in [1.807, 2.05) is 58.9 Å². The molecule has 0 saturated carbocycles. The molecule has 1 atom stereocenters. The van der Waals surface area contributed by atoms with Crippen LogP contribution in [0.5, 0.6) is 0 Å². The molecule has 22 heavy (non-hydrogen) atoms. The molecular formula is C17H28N2O3. The Labute approximate surface area is 133 Å². The van der Waals surface area contributed by atoms with Crippen LogP contribution >= 0.6 is 0 Å². The number of nitrogens with one attached hydrogen (secondary N) is 2. The number of benzene rings is 1. The van der Waals surface area contributed by atoms with Crippen LogP contribution in [0.2, 0.25) is 0 Å². The van der Waals surface area contributed by atoms with Gasteiger partial charge in [0, 0.05) is 12.0 Å². The van der Waals surface area contributed by atoms with Crippen molar-refractivity contribution in [2.45, 2.75) is 46.6 Å². The lowest BCUT2D eigenvalue weighted by Crippen LogP contribution is -2.30. The molecule has 5 nitrogen and oxygen atoms in total. The van der Waals surface area contributed by atoms with Crippen molar-refractivity contribution >= 4 is 17.5 Å². The van der Waals surface area contributed by atoms with Gasteiger partial charge in [0.1, 0.15) is 5.60 Å². The van der Waals surface area contributed by atoms with Gasteiger partial charge >= 0.3 is 6.09 Å². The third-order valence-electron chi connectivity index (χ3n) is 3.50. The van der Waals surface area contributed by atoms with E-state index >= 15 is 0 Å². The Morgan fingerprint density at radius 2 is 1.77 bits per heavy atom. The molecule has 1 rings (SSSR count). The van der Waals surface area contributed by atoms with E-state index in [1.165, 1.54) is 0 Å². The van der Waals surface area contributed by atoms with Crippen molar-refractivity contribution in [3.8, 4) is 0 Å². The number of amides is 1. The maximum absolute atomic E-state index is 11.9. The summed E-state index contributed by atoms with van der Waals surface area (Å²) in [5.74, 6) is 0. The molecule has 0 fully saturated rings. The first-order valence-electron chi connectivity index (χ1n) is 7.63. The second-order valence-electron chi connectivity index (χ2n) is 6.85. The predicted octanol–water partition coefficient (Wildman–Crippen LogP) is 3.85. The van der Waals surface area contributed by atoms with Gasteiger partial charge in [0.25, 0.3) is 0 Å². The van der Waals surface area contributed by atoms with Gasteiger partial charge in [-0.25, -0.2) is 4.79 Å². The summed E-state index contributed by atoms with van der Waals surface area (Å²) in [4.78, 5) is 11.9. The van der Waals surface area contributed by atoms with Crippen molar-refractivity contribution in [2.75, 3.05) is 23.8 Å². The molecule has 3 N–H and O–H groups in total. The Morgan fingerprint density at radius 3 is 2.27 bits per heavy atom. The summed E-state index contributed by atoms with van der Waals surface area (Å²) in [5.41, 5.74) is 0.734. The lowest BCUT2D eigenvalue weighted by Gasteiger charge is -2.27. The van der Waals surface area contributed by atoms with E-state index < -0.39 is 11.7 Å². The summed E-state index contributed by atoms with van der Waals surface area (Å²) in [6, 6.07) is 7.45. The molecule has 0 aliphatic heterocycles. The van der Waals surface area contributed by atoms with E-state index in [9.17, 15) is 9.90 Å². The van der Waals surface area contributed by atoms with E-state index in [1.54, 1.807) is 0 Å². The third kappa shape index (κ3) is 5.93. The van der Waals surface area contributed by atoms with Gasteiger partial charge in [0.15, 0.2) is 0 Å². The van der Waals surface area contributed by atoms with Crippen LogP contribution in [0.25, 0.3) is 0 Å². The number of para-hydroxylation sites is 2. The zero-order valence-corrected chi connectivity index (χ0v) is 14.2. The number of carbonyl (C=O) groups is 1. The fourth-order valence-corrected chi connectivity index (χ4v) is 1.76. The van der Waals surface area contributed by atoms with E-state index in [0.717, 1.165) is 12.1 Å². The molecule has 0 aromatic heterocycles. The number of anilines is 2. The predicted molar refractivity (Wildman–Crippen MR) is 90.3 cm³/mol. The highest BCUT2D eigenvalue weighted by Gasteiger charge is 2.21. The van der Waals surface area contributed by atoms with Crippen LogP contribution in [0.15, 0.2) is 24.3 Å². The minimum Gasteiger partial charge on any atom is -0.444 e. The fourth-order valence-electron chi connectivity index (χ4n) is 1.76. The van der Waals surface area contributed by atoms with E-state index in [2.05, 4.69) is 10.6 Å². The third-order valence-corrected chi connectivity index (χ3v) is 3.50. The molecule has 124 valence electrons. The summed E-state index contributed by atoms with van der Waals surface area (Å²) in [6.45, 7) is 10.3. The Hall–Kier alpha value is -1.75. The van der Waals surface area contributed by atoms with Crippen LogP contribution < -0.4 is 10.6 Å². The Bertz CT molecular complexity index is 491. The van der Waals surface area contributed by atoms with Crippen LogP contribution in [0.1, 0.15) is 41.0 Å². The number of aliphatic hydroxyl groups excluding tert-OH is 1. The Kier molecular flexibility index (Phi) is 6.23. The smallest absolute Gasteiger partial charge is 0.412 e. The van der Waals surface area contributed by atoms with Crippen molar-refractivity contribution < 1.29 is 14.6 Å². The van der Waals surface area contributed by atoms with E-state index in [-0.39, 0.29) is 12.0 Å². The van der Waals surface area contributed by atoms with Crippen LogP contribution in [0.4, 0.5) is 16.2 Å². The van der Waals surface area contributed by atoms with Gasteiger partial charge in [-0.2, -0.15) is 0 Å². The largest absolute Gasteiger partial charge is 0.444 e. The Morgan fingerprint density at radius 1 is 1.18 bits per heavy atom. The van der Waals surface area contributed by atoms with Crippen LogP contribution in [0, 0.1) is 5.41 Å². The van der Waals surface area contributed by atoms with Crippen LogP contribution in [-0.4, -0.2) is 30.0 Å². The molecule has 0 spiro atoms. The van der Waals surface area contributed by atoms with E-state index in [0.29, 0.717) is 12.2 Å². The molecule has 1 aromatic carbocycles. The molecule has 0 saturated heterocycles.